The van der Waals surface area contributed by atoms with Gasteiger partial charge in [-0.15, -0.1) is 0 Å². The van der Waals surface area contributed by atoms with Crippen LogP contribution in [0.4, 0.5) is 0 Å². The van der Waals surface area contributed by atoms with E-state index in [1.54, 1.807) is 0 Å². The minimum atomic E-state index is 0.491. The molecule has 2 saturated carbocycles. The smallest absolute Gasteiger partial charge is 0.136 e. The SMILES string of the molecule is O=C1CCC1CC1CCC1. The van der Waals surface area contributed by atoms with Crippen LogP contribution < -0.4 is 0 Å². The van der Waals surface area contributed by atoms with E-state index >= 15 is 0 Å². The molecule has 0 aliphatic heterocycles. The zero-order valence-corrected chi connectivity index (χ0v) is 6.31. The summed E-state index contributed by atoms with van der Waals surface area (Å²) >= 11 is 0. The topological polar surface area (TPSA) is 17.1 Å². The average molecular weight is 138 g/mol. The zero-order chi connectivity index (χ0) is 6.97. The van der Waals surface area contributed by atoms with Gasteiger partial charge in [0.15, 0.2) is 0 Å². The monoisotopic (exact) mass is 138 g/mol. The van der Waals surface area contributed by atoms with Crippen LogP contribution >= 0.6 is 0 Å². The van der Waals surface area contributed by atoms with Gasteiger partial charge in [0, 0.05) is 12.3 Å². The molecule has 0 spiro atoms. The van der Waals surface area contributed by atoms with Crippen LogP contribution in [0.5, 0.6) is 0 Å². The molecule has 0 heterocycles. The molecule has 0 aromatic rings. The summed E-state index contributed by atoms with van der Waals surface area (Å²) in [5.41, 5.74) is 0. The predicted octanol–water partition coefficient (Wildman–Crippen LogP) is 2.16. The molecule has 0 radical (unpaired) electrons. The molecule has 1 unspecified atom stereocenters. The zero-order valence-electron chi connectivity index (χ0n) is 6.31. The lowest BCUT2D eigenvalue weighted by Crippen LogP contribution is -2.29. The normalized spacial score (nSPS) is 33.2. The molecule has 1 atom stereocenters. The molecule has 0 aromatic heterocycles. The maximum absolute atomic E-state index is 10.9. The molecule has 2 rings (SSSR count). The Balaban J connectivity index is 1.74. The van der Waals surface area contributed by atoms with Gasteiger partial charge in [0.1, 0.15) is 5.78 Å². The van der Waals surface area contributed by atoms with Gasteiger partial charge in [-0.3, -0.25) is 4.79 Å². The van der Waals surface area contributed by atoms with Crippen LogP contribution in [0.15, 0.2) is 0 Å². The van der Waals surface area contributed by atoms with Crippen molar-refractivity contribution in [3.63, 3.8) is 0 Å². The van der Waals surface area contributed by atoms with Gasteiger partial charge in [-0.05, 0) is 18.8 Å². The fraction of sp³-hybridized carbons (Fsp3) is 0.889. The summed E-state index contributed by atoms with van der Waals surface area (Å²) in [4.78, 5) is 10.9. The first-order valence-electron chi connectivity index (χ1n) is 4.39. The van der Waals surface area contributed by atoms with Crippen LogP contribution in [0, 0.1) is 11.8 Å². The summed E-state index contributed by atoms with van der Waals surface area (Å²) in [5.74, 6) is 1.95. The lowest BCUT2D eigenvalue weighted by atomic mass is 9.72. The standard InChI is InChI=1S/C9H14O/c10-9-5-4-8(9)6-7-2-1-3-7/h7-8H,1-6H2. The first kappa shape index (κ1) is 6.38. The molecule has 10 heavy (non-hydrogen) atoms. The minimum absolute atomic E-state index is 0.491. The second-order valence-corrected chi connectivity index (χ2v) is 3.73. The third kappa shape index (κ3) is 0.979. The molecular weight excluding hydrogens is 124 g/mol. The van der Waals surface area contributed by atoms with Gasteiger partial charge in [0.05, 0.1) is 0 Å². The second-order valence-electron chi connectivity index (χ2n) is 3.73. The summed E-state index contributed by atoms with van der Waals surface area (Å²) < 4.78 is 0. The summed E-state index contributed by atoms with van der Waals surface area (Å²) in [6.45, 7) is 0. The number of Topliss-reactive ketones (excluding diaryl/α,β-unsaturated/α-hetero) is 1. The molecule has 1 heteroatoms. The largest absolute Gasteiger partial charge is 0.299 e. The van der Waals surface area contributed by atoms with Gasteiger partial charge in [0.25, 0.3) is 0 Å². The molecule has 2 aliphatic rings. The lowest BCUT2D eigenvalue weighted by Gasteiger charge is -2.32. The highest BCUT2D eigenvalue weighted by Crippen LogP contribution is 2.37. The average Bonchev–Trinajstić information content (AvgIpc) is 1.82. The molecule has 0 N–H and O–H groups in total. The van der Waals surface area contributed by atoms with E-state index in [1.165, 1.54) is 32.1 Å². The van der Waals surface area contributed by atoms with E-state index in [4.69, 9.17) is 0 Å². The summed E-state index contributed by atoms with van der Waals surface area (Å²) in [7, 11) is 0. The van der Waals surface area contributed by atoms with Crippen molar-refractivity contribution in [3.8, 4) is 0 Å². The third-order valence-electron chi connectivity index (χ3n) is 3.04. The van der Waals surface area contributed by atoms with Crippen molar-refractivity contribution in [1.29, 1.82) is 0 Å². The predicted molar refractivity (Wildman–Crippen MR) is 39.7 cm³/mol. The Labute approximate surface area is 61.8 Å². The molecule has 0 amide bonds. The van der Waals surface area contributed by atoms with E-state index in [1.807, 2.05) is 0 Å². The Kier molecular flexibility index (Phi) is 1.51. The molecule has 1 nitrogen and oxygen atoms in total. The summed E-state index contributed by atoms with van der Waals surface area (Å²) in [5, 5.41) is 0. The Morgan fingerprint density at radius 3 is 2.40 bits per heavy atom. The minimum Gasteiger partial charge on any atom is -0.299 e. The molecule has 2 fully saturated rings. The maximum atomic E-state index is 10.9. The number of hydrogen-bond acceptors (Lipinski definition) is 1. The third-order valence-corrected chi connectivity index (χ3v) is 3.04. The Morgan fingerprint density at radius 2 is 2.10 bits per heavy atom. The van der Waals surface area contributed by atoms with Gasteiger partial charge in [-0.2, -0.15) is 0 Å². The lowest BCUT2D eigenvalue weighted by molar-refractivity contribution is -0.130. The van der Waals surface area contributed by atoms with Crippen LogP contribution in [-0.4, -0.2) is 5.78 Å². The fourth-order valence-corrected chi connectivity index (χ4v) is 1.85. The maximum Gasteiger partial charge on any atom is 0.136 e. The molecular formula is C9H14O. The van der Waals surface area contributed by atoms with E-state index in [9.17, 15) is 4.79 Å². The quantitative estimate of drug-likeness (QED) is 0.571. The summed E-state index contributed by atoms with van der Waals surface area (Å²) in [6.07, 6.45) is 7.48. The highest BCUT2D eigenvalue weighted by Gasteiger charge is 2.31. The van der Waals surface area contributed by atoms with Crippen molar-refractivity contribution in [1.82, 2.24) is 0 Å². The van der Waals surface area contributed by atoms with Gasteiger partial charge in [0.2, 0.25) is 0 Å². The van der Waals surface area contributed by atoms with Crippen LogP contribution in [0.3, 0.4) is 0 Å². The van der Waals surface area contributed by atoms with E-state index in [0.29, 0.717) is 11.7 Å². The molecule has 2 aliphatic carbocycles. The Morgan fingerprint density at radius 1 is 1.30 bits per heavy atom. The van der Waals surface area contributed by atoms with Crippen molar-refractivity contribution in [2.45, 2.75) is 38.5 Å². The van der Waals surface area contributed by atoms with Crippen molar-refractivity contribution >= 4 is 5.78 Å². The molecule has 56 valence electrons. The van der Waals surface area contributed by atoms with Crippen LogP contribution in [0.2, 0.25) is 0 Å². The van der Waals surface area contributed by atoms with E-state index < -0.39 is 0 Å². The highest BCUT2D eigenvalue weighted by atomic mass is 16.1. The highest BCUT2D eigenvalue weighted by molar-refractivity contribution is 5.86. The molecule has 0 aromatic carbocycles. The number of rotatable bonds is 2. The van der Waals surface area contributed by atoms with Crippen molar-refractivity contribution in [2.24, 2.45) is 11.8 Å². The Hall–Kier alpha value is -0.330. The number of hydrogen-bond donors (Lipinski definition) is 0. The fourth-order valence-electron chi connectivity index (χ4n) is 1.85. The number of carbonyl (C=O) groups excluding carboxylic acids is 1. The van der Waals surface area contributed by atoms with Gasteiger partial charge in [-0.1, -0.05) is 19.3 Å². The first-order valence-corrected chi connectivity index (χ1v) is 4.39. The molecule has 0 bridgehead atoms. The van der Waals surface area contributed by atoms with Gasteiger partial charge < -0.3 is 0 Å². The van der Waals surface area contributed by atoms with E-state index in [-0.39, 0.29) is 0 Å². The van der Waals surface area contributed by atoms with Gasteiger partial charge in [-0.25, -0.2) is 0 Å². The van der Waals surface area contributed by atoms with Crippen LogP contribution in [0.1, 0.15) is 38.5 Å². The van der Waals surface area contributed by atoms with Gasteiger partial charge >= 0.3 is 0 Å². The van der Waals surface area contributed by atoms with Crippen molar-refractivity contribution < 1.29 is 4.79 Å². The van der Waals surface area contributed by atoms with E-state index in [0.717, 1.165) is 12.3 Å². The van der Waals surface area contributed by atoms with Crippen LogP contribution in [0.25, 0.3) is 0 Å². The Bertz CT molecular complexity index is 147. The van der Waals surface area contributed by atoms with Crippen molar-refractivity contribution in [3.05, 3.63) is 0 Å². The van der Waals surface area contributed by atoms with Crippen LogP contribution in [-0.2, 0) is 4.79 Å². The second kappa shape index (κ2) is 2.37. The van der Waals surface area contributed by atoms with E-state index in [2.05, 4.69) is 0 Å². The first-order chi connectivity index (χ1) is 4.86. The number of ketones is 1. The van der Waals surface area contributed by atoms with Crippen molar-refractivity contribution in [2.75, 3.05) is 0 Å². The number of carbonyl (C=O) groups is 1. The summed E-state index contributed by atoms with van der Waals surface area (Å²) in [6, 6.07) is 0. The molecule has 0 saturated heterocycles.